The normalized spacial score (nSPS) is 13.5. The Labute approximate surface area is 225 Å². The molecule has 208 valence electrons. The Morgan fingerprint density at radius 3 is 1.89 bits per heavy atom. The maximum Gasteiger partial charge on any atom is 0.333 e. The van der Waals surface area contributed by atoms with Crippen molar-refractivity contribution in [1.82, 2.24) is 24.3 Å². The van der Waals surface area contributed by atoms with Gasteiger partial charge in [-0.15, -0.1) is 0 Å². The van der Waals surface area contributed by atoms with E-state index in [1.54, 1.807) is 0 Å². The molecule has 0 spiro atoms. The van der Waals surface area contributed by atoms with Gasteiger partial charge in [0.1, 0.15) is 17.2 Å². The van der Waals surface area contributed by atoms with Crippen molar-refractivity contribution >= 4 is 43.4 Å². The number of urea groups is 1. The summed E-state index contributed by atoms with van der Waals surface area (Å²) in [5, 5.41) is 15.3. The molecule has 0 aliphatic rings. The topological polar surface area (TPSA) is 190 Å². The number of hydrogen-bond acceptors (Lipinski definition) is 9. The molecule has 1 aromatic carbocycles. The third-order valence-corrected chi connectivity index (χ3v) is 7.82. The number of ether oxygens (including phenoxy) is 2. The van der Waals surface area contributed by atoms with Gasteiger partial charge >= 0.3 is 6.03 Å². The predicted octanol–water partition coefficient (Wildman–Crippen LogP) is 2.51. The molecule has 2 heterocycles. The minimum atomic E-state index is -4.31. The number of nitrogens with one attached hydrogen (secondary N) is 2. The molecule has 3 aromatic rings. The van der Waals surface area contributed by atoms with Gasteiger partial charge < -0.3 is 14.8 Å². The number of hydrogen-bond donors (Lipinski definition) is 3. The lowest BCUT2D eigenvalue weighted by atomic mass is 10.1. The highest BCUT2D eigenvalue weighted by atomic mass is 35.5. The number of methoxy groups -OCH3 is 2. The second-order valence-electron chi connectivity index (χ2n) is 8.33. The number of nitrogens with zero attached hydrogens (tertiary/aromatic N) is 4. The average molecular weight is 590 g/mol. The fourth-order valence-corrected chi connectivity index (χ4v) is 4.99. The summed E-state index contributed by atoms with van der Waals surface area (Å²) in [6, 6.07) is 4.03. The lowest BCUT2D eigenvalue weighted by Gasteiger charge is -2.16. The fourth-order valence-electron chi connectivity index (χ4n) is 3.49. The number of benzene rings is 1. The highest BCUT2D eigenvalue weighted by Gasteiger charge is 2.24. The van der Waals surface area contributed by atoms with Crippen molar-refractivity contribution in [3.63, 3.8) is 0 Å². The van der Waals surface area contributed by atoms with Crippen LogP contribution in [0.25, 0.3) is 0 Å². The van der Waals surface area contributed by atoms with Crippen LogP contribution in [-0.4, -0.2) is 56.6 Å². The van der Waals surface area contributed by atoms with Gasteiger partial charge in [-0.3, -0.25) is 9.36 Å². The molecule has 0 bridgehead atoms. The summed E-state index contributed by atoms with van der Waals surface area (Å²) >= 11 is 5.99. The van der Waals surface area contributed by atoms with Crippen molar-refractivity contribution in [2.75, 3.05) is 19.5 Å². The second-order valence-corrected chi connectivity index (χ2v) is 11.9. The fraction of sp³-hybridized carbons (Fsp3) is 0.381. The van der Waals surface area contributed by atoms with E-state index in [0.717, 1.165) is 0 Å². The molecule has 0 saturated heterocycles. The number of rotatable bonds is 11. The summed E-state index contributed by atoms with van der Waals surface area (Å²) in [6.45, 7) is 3.70. The number of nitrogens with two attached hydrogens (primary N) is 1. The zero-order chi connectivity index (χ0) is 28.3. The number of primary sulfonamides is 1. The van der Waals surface area contributed by atoms with Gasteiger partial charge in [0.05, 0.1) is 14.2 Å². The molecule has 2 aromatic heterocycles. The molecule has 38 heavy (non-hydrogen) atoms. The van der Waals surface area contributed by atoms with Crippen molar-refractivity contribution < 1.29 is 31.1 Å². The standard InChI is InChI=1S/C21H28ClN7O7S2/c1-13(28-9-7-18(25-28)37(23,31)32)5-6-14(2)29-10-8-19(26-29)38(33,34)27-21(30)24-20-16(35-3)11-15(22)12-17(20)36-4/h7-14H,5-6H2,1-4H3,(H2,23,31,32)(H2,24,27,30). The molecular formula is C21H28ClN7O7S2. The Balaban J connectivity index is 1.64. The Hall–Kier alpha value is -3.34. The summed E-state index contributed by atoms with van der Waals surface area (Å²) in [5.41, 5.74) is 0.0914. The third kappa shape index (κ3) is 6.94. The molecule has 2 atom stereocenters. The van der Waals surface area contributed by atoms with Crippen LogP contribution in [0.3, 0.4) is 0 Å². The summed E-state index contributed by atoms with van der Waals surface area (Å²) in [5.74, 6) is 0.343. The quantitative estimate of drug-likeness (QED) is 0.301. The number of amides is 2. The van der Waals surface area contributed by atoms with E-state index in [1.807, 2.05) is 18.6 Å². The molecule has 17 heteroatoms. The smallest absolute Gasteiger partial charge is 0.333 e. The molecule has 0 aliphatic carbocycles. The van der Waals surface area contributed by atoms with E-state index in [4.69, 9.17) is 26.2 Å². The van der Waals surface area contributed by atoms with Crippen molar-refractivity contribution in [1.29, 1.82) is 0 Å². The van der Waals surface area contributed by atoms with E-state index in [0.29, 0.717) is 17.9 Å². The minimum Gasteiger partial charge on any atom is -0.494 e. The van der Waals surface area contributed by atoms with Crippen LogP contribution in [-0.2, 0) is 20.0 Å². The number of carbonyl (C=O) groups is 1. The first-order chi connectivity index (χ1) is 17.7. The molecule has 4 N–H and O–H groups in total. The van der Waals surface area contributed by atoms with Crippen LogP contribution in [0.15, 0.2) is 46.7 Å². The van der Waals surface area contributed by atoms with Crippen LogP contribution in [0.4, 0.5) is 10.5 Å². The molecule has 0 saturated carbocycles. The van der Waals surface area contributed by atoms with E-state index < -0.39 is 26.1 Å². The molecule has 2 amide bonds. The largest absolute Gasteiger partial charge is 0.494 e. The SMILES string of the molecule is COc1cc(Cl)cc(OC)c1NC(=O)NS(=O)(=O)c1ccn(C(C)CCC(C)n2ccc(S(N)(=O)=O)n2)n1. The van der Waals surface area contributed by atoms with Crippen LogP contribution in [0.5, 0.6) is 11.5 Å². The number of aromatic nitrogens is 4. The van der Waals surface area contributed by atoms with E-state index in [-0.39, 0.29) is 39.3 Å². The van der Waals surface area contributed by atoms with Crippen LogP contribution < -0.4 is 24.7 Å². The predicted molar refractivity (Wildman–Crippen MR) is 138 cm³/mol. The van der Waals surface area contributed by atoms with Gasteiger partial charge in [0.2, 0.25) is 0 Å². The van der Waals surface area contributed by atoms with Crippen molar-refractivity contribution in [3.05, 3.63) is 41.7 Å². The van der Waals surface area contributed by atoms with Gasteiger partial charge in [-0.1, -0.05) is 11.6 Å². The number of anilines is 1. The Morgan fingerprint density at radius 1 is 0.974 bits per heavy atom. The van der Waals surface area contributed by atoms with Crippen LogP contribution in [0.1, 0.15) is 38.8 Å². The number of halogens is 1. The molecule has 3 rings (SSSR count). The highest BCUT2D eigenvalue weighted by molar-refractivity contribution is 7.90. The van der Waals surface area contributed by atoms with Gasteiger partial charge in [-0.2, -0.15) is 18.6 Å². The van der Waals surface area contributed by atoms with Crippen LogP contribution >= 0.6 is 11.6 Å². The van der Waals surface area contributed by atoms with Gasteiger partial charge in [-0.05, 0) is 38.8 Å². The van der Waals surface area contributed by atoms with Crippen molar-refractivity contribution in [3.8, 4) is 11.5 Å². The summed E-state index contributed by atoms with van der Waals surface area (Å²) in [7, 11) is -5.49. The summed E-state index contributed by atoms with van der Waals surface area (Å²) < 4.78 is 63.6. The average Bonchev–Trinajstić information content (AvgIpc) is 3.53. The van der Waals surface area contributed by atoms with E-state index in [9.17, 15) is 21.6 Å². The Morgan fingerprint density at radius 2 is 1.45 bits per heavy atom. The van der Waals surface area contributed by atoms with E-state index in [2.05, 4.69) is 15.5 Å². The molecule has 0 fully saturated rings. The van der Waals surface area contributed by atoms with Crippen molar-refractivity contribution in [2.45, 2.75) is 48.8 Å². The van der Waals surface area contributed by atoms with Gasteiger partial charge in [0, 0.05) is 41.6 Å². The summed E-state index contributed by atoms with van der Waals surface area (Å²) in [4.78, 5) is 12.5. The Kier molecular flexibility index (Phi) is 8.91. The van der Waals surface area contributed by atoms with Gasteiger partial charge in [0.15, 0.2) is 10.1 Å². The van der Waals surface area contributed by atoms with Crippen LogP contribution in [0.2, 0.25) is 5.02 Å². The Bertz CT molecular complexity index is 1490. The van der Waals surface area contributed by atoms with E-state index >= 15 is 0 Å². The lowest BCUT2D eigenvalue weighted by Crippen LogP contribution is -2.35. The maximum atomic E-state index is 12.8. The molecule has 14 nitrogen and oxygen atoms in total. The monoisotopic (exact) mass is 589 g/mol. The molecule has 0 aliphatic heterocycles. The number of carbonyl (C=O) groups excluding carboxylic acids is 1. The second kappa shape index (κ2) is 11.6. The third-order valence-electron chi connectivity index (χ3n) is 5.58. The molecular weight excluding hydrogens is 562 g/mol. The highest BCUT2D eigenvalue weighted by Crippen LogP contribution is 2.37. The zero-order valence-corrected chi connectivity index (χ0v) is 23.3. The minimum absolute atomic E-state index is 0.0914. The van der Waals surface area contributed by atoms with Crippen molar-refractivity contribution in [2.24, 2.45) is 5.14 Å². The molecule has 0 radical (unpaired) electrons. The van der Waals surface area contributed by atoms with Crippen LogP contribution in [0, 0.1) is 0 Å². The first-order valence-corrected chi connectivity index (χ1v) is 14.5. The van der Waals surface area contributed by atoms with Gasteiger partial charge in [0.25, 0.3) is 20.0 Å². The lowest BCUT2D eigenvalue weighted by molar-refractivity contribution is 0.256. The maximum absolute atomic E-state index is 12.8. The first-order valence-electron chi connectivity index (χ1n) is 11.1. The zero-order valence-electron chi connectivity index (χ0n) is 21.0. The molecule has 2 unspecified atom stereocenters. The number of sulfonamides is 2. The van der Waals surface area contributed by atoms with E-state index in [1.165, 1.54) is 60.2 Å². The summed E-state index contributed by atoms with van der Waals surface area (Å²) in [6.07, 6.45) is 4.16. The van der Waals surface area contributed by atoms with Gasteiger partial charge in [-0.25, -0.2) is 23.1 Å². The first kappa shape index (κ1) is 29.2.